The Morgan fingerprint density at radius 1 is 0.439 bits per heavy atom. The largest absolute Gasteiger partial charge is 0.376 e. The molecule has 3 nitrogen and oxygen atoms in total. The second kappa shape index (κ2) is 18.7. The maximum atomic E-state index is 2.80. The Morgan fingerprint density at radius 2 is 1.02 bits per heavy atom. The Kier molecular flexibility index (Phi) is 12.0. The maximum absolute atomic E-state index is 2.80. The molecule has 0 atom stereocenters. The minimum atomic E-state index is -0.198. The zero-order chi connectivity index (χ0) is 56.8. The quantitative estimate of drug-likeness (QED) is 0.133. The number of nitrogens with zero attached hydrogens (tertiary/aromatic N) is 3. The standard InChI is InChI=1S/C78H80BN3/c1-13-14-23-51-30-32-55(33-31-51)80(54-26-19-16-20-27-54)56-35-38-67-66(48-56)79-73-59(45-53(52-24-17-15-18-25-52)46-70(73)81(67)69-49-65-63(44-50(69)2)75(5,6)42-43-77(65,9)10)72-68(39-37-62-71(72)58-28-21-22-29-60(58)78(62,11)12)82(79)57-34-36-61-64(47-57)76(7,8)41-40-74(61,3)4/h15-22,24-39,44-49H,13-14,23,40-43H2,1-12H3. The fourth-order valence-electron chi connectivity index (χ4n) is 15.6. The van der Waals surface area contributed by atoms with E-state index in [4.69, 9.17) is 0 Å². The van der Waals surface area contributed by atoms with Gasteiger partial charge in [0.05, 0.1) is 0 Å². The highest BCUT2D eigenvalue weighted by atomic mass is 15.2. The van der Waals surface area contributed by atoms with E-state index in [9.17, 15) is 0 Å². The third-order valence-corrected chi connectivity index (χ3v) is 20.7. The number of fused-ring (bicyclic) bond motifs is 10. The maximum Gasteiger partial charge on any atom is 0.333 e. The summed E-state index contributed by atoms with van der Waals surface area (Å²) in [6.45, 7) is 29.1. The highest BCUT2D eigenvalue weighted by Gasteiger charge is 2.50. The van der Waals surface area contributed by atoms with Crippen molar-refractivity contribution in [3.8, 4) is 33.4 Å². The zero-order valence-electron chi connectivity index (χ0n) is 50.7. The molecule has 14 rings (SSSR count). The van der Waals surface area contributed by atoms with Crippen molar-refractivity contribution in [2.24, 2.45) is 0 Å². The number of para-hydroxylation sites is 1. The molecule has 3 aliphatic carbocycles. The van der Waals surface area contributed by atoms with Crippen LogP contribution in [0.2, 0.25) is 0 Å². The lowest BCUT2D eigenvalue weighted by Gasteiger charge is -2.48. The Hall–Kier alpha value is -7.56. The normalized spacial score (nSPS) is 17.6. The fraction of sp³-hybridized carbons (Fsp3) is 0.308. The molecule has 9 aromatic carbocycles. The van der Waals surface area contributed by atoms with E-state index in [0.29, 0.717) is 0 Å². The highest BCUT2D eigenvalue weighted by Crippen LogP contribution is 2.59. The van der Waals surface area contributed by atoms with Gasteiger partial charge in [-0.1, -0.05) is 186 Å². The minimum absolute atomic E-state index is 0.0110. The summed E-state index contributed by atoms with van der Waals surface area (Å²) in [5.74, 6) is 0. The average molecular weight is 1070 g/mol. The first kappa shape index (κ1) is 52.5. The van der Waals surface area contributed by atoms with Crippen LogP contribution in [0, 0.1) is 6.92 Å². The monoisotopic (exact) mass is 1070 g/mol. The molecule has 82 heavy (non-hydrogen) atoms. The van der Waals surface area contributed by atoms with Crippen LogP contribution >= 0.6 is 0 Å². The van der Waals surface area contributed by atoms with E-state index < -0.39 is 0 Å². The molecule has 0 amide bonds. The van der Waals surface area contributed by atoms with Crippen LogP contribution in [0.25, 0.3) is 33.4 Å². The molecule has 0 fully saturated rings. The van der Waals surface area contributed by atoms with Crippen LogP contribution in [-0.4, -0.2) is 6.85 Å². The van der Waals surface area contributed by atoms with Crippen molar-refractivity contribution >= 4 is 63.3 Å². The number of hydrogen-bond donors (Lipinski definition) is 0. The summed E-state index contributed by atoms with van der Waals surface area (Å²) < 4.78 is 0. The first-order chi connectivity index (χ1) is 39.3. The minimum Gasteiger partial charge on any atom is -0.376 e. The van der Waals surface area contributed by atoms with Crippen molar-refractivity contribution in [2.75, 3.05) is 14.6 Å². The summed E-state index contributed by atoms with van der Waals surface area (Å²) in [6.07, 6.45) is 8.10. The number of aryl methyl sites for hydroxylation is 2. The van der Waals surface area contributed by atoms with Crippen molar-refractivity contribution in [3.05, 3.63) is 226 Å². The van der Waals surface area contributed by atoms with E-state index in [-0.39, 0.29) is 33.9 Å². The van der Waals surface area contributed by atoms with Crippen LogP contribution < -0.4 is 25.5 Å². The molecule has 0 spiro atoms. The predicted molar refractivity (Wildman–Crippen MR) is 352 cm³/mol. The third-order valence-electron chi connectivity index (χ3n) is 20.7. The van der Waals surface area contributed by atoms with E-state index in [0.717, 1.165) is 36.3 Å². The Labute approximate surface area is 490 Å². The Balaban J connectivity index is 1.13. The van der Waals surface area contributed by atoms with Crippen molar-refractivity contribution in [1.82, 2.24) is 0 Å². The number of anilines is 8. The summed E-state index contributed by atoms with van der Waals surface area (Å²) in [4.78, 5) is 8.01. The second-order valence-electron chi connectivity index (χ2n) is 28.1. The van der Waals surface area contributed by atoms with Gasteiger partial charge in [0.25, 0.3) is 0 Å². The van der Waals surface area contributed by atoms with Gasteiger partial charge < -0.3 is 14.6 Å². The van der Waals surface area contributed by atoms with E-state index in [2.05, 4.69) is 280 Å². The van der Waals surface area contributed by atoms with Gasteiger partial charge >= 0.3 is 6.85 Å². The molecular weight excluding hydrogens is 990 g/mol. The molecule has 9 aromatic rings. The van der Waals surface area contributed by atoms with Gasteiger partial charge in [-0.05, 0) is 229 Å². The van der Waals surface area contributed by atoms with Crippen molar-refractivity contribution < 1.29 is 0 Å². The number of unbranched alkanes of at least 4 members (excludes halogenated alkanes) is 1. The van der Waals surface area contributed by atoms with Gasteiger partial charge in [0.1, 0.15) is 0 Å². The molecule has 0 radical (unpaired) electrons. The van der Waals surface area contributed by atoms with Gasteiger partial charge in [-0.15, -0.1) is 0 Å². The molecule has 0 unspecified atom stereocenters. The Morgan fingerprint density at radius 3 is 1.72 bits per heavy atom. The number of hydrogen-bond acceptors (Lipinski definition) is 3. The van der Waals surface area contributed by atoms with Gasteiger partial charge in [-0.3, -0.25) is 0 Å². The second-order valence-corrected chi connectivity index (χ2v) is 28.1. The van der Waals surface area contributed by atoms with Crippen molar-refractivity contribution in [3.63, 3.8) is 0 Å². The first-order valence-corrected chi connectivity index (χ1v) is 30.8. The molecule has 2 heterocycles. The summed E-state index contributed by atoms with van der Waals surface area (Å²) in [7, 11) is 0. The van der Waals surface area contributed by atoms with Crippen molar-refractivity contribution in [1.29, 1.82) is 0 Å². The smallest absolute Gasteiger partial charge is 0.333 e. The fourth-order valence-corrected chi connectivity index (χ4v) is 15.6. The van der Waals surface area contributed by atoms with Gasteiger partial charge in [0.2, 0.25) is 0 Å². The van der Waals surface area contributed by atoms with Gasteiger partial charge in [-0.2, -0.15) is 0 Å². The average Bonchev–Trinajstić information content (AvgIpc) is 1.47. The van der Waals surface area contributed by atoms with Gasteiger partial charge in [-0.25, -0.2) is 0 Å². The SMILES string of the molecule is CCCCc1ccc(N(c2ccccc2)c2ccc3c(c2)B2c4c(cc(-c5ccccc5)cc4N3c3cc4c(cc3C)C(C)(C)CCC4(C)C)-c3c(ccc4c3-c3ccccc3C4(C)C)N2c2ccc3c(c2)C(C)(C)CCC3(C)C)cc1. The van der Waals surface area contributed by atoms with E-state index >= 15 is 0 Å². The van der Waals surface area contributed by atoms with Crippen molar-refractivity contribution in [2.45, 2.75) is 155 Å². The lowest BCUT2D eigenvalue weighted by molar-refractivity contribution is 0.332. The van der Waals surface area contributed by atoms with E-state index in [1.54, 1.807) is 0 Å². The molecule has 0 saturated carbocycles. The highest BCUT2D eigenvalue weighted by molar-refractivity contribution is 6.93. The number of benzene rings is 9. The summed E-state index contributed by atoms with van der Waals surface area (Å²) >= 11 is 0. The molecule has 4 heteroatoms. The van der Waals surface area contributed by atoms with E-state index in [1.165, 1.54) is 143 Å². The van der Waals surface area contributed by atoms with Gasteiger partial charge in [0, 0.05) is 56.5 Å². The zero-order valence-corrected chi connectivity index (χ0v) is 50.7. The van der Waals surface area contributed by atoms with Crippen LogP contribution in [-0.2, 0) is 33.5 Å². The van der Waals surface area contributed by atoms with Crippen LogP contribution in [0.1, 0.15) is 159 Å². The lowest BCUT2D eigenvalue weighted by atomic mass is 9.43. The van der Waals surface area contributed by atoms with Crippen LogP contribution in [0.3, 0.4) is 0 Å². The molecular formula is C78H80BN3. The van der Waals surface area contributed by atoms with Crippen LogP contribution in [0.15, 0.2) is 182 Å². The van der Waals surface area contributed by atoms with Crippen LogP contribution in [0.4, 0.5) is 45.5 Å². The summed E-state index contributed by atoms with van der Waals surface area (Å²) in [5.41, 5.74) is 31.5. The first-order valence-electron chi connectivity index (χ1n) is 30.8. The summed E-state index contributed by atoms with van der Waals surface area (Å²) in [5, 5.41) is 0. The summed E-state index contributed by atoms with van der Waals surface area (Å²) in [6, 6.07) is 71.4. The molecule has 0 saturated heterocycles. The molecule has 410 valence electrons. The van der Waals surface area contributed by atoms with E-state index in [1.807, 2.05) is 0 Å². The molecule has 0 aromatic heterocycles. The molecule has 5 aliphatic rings. The third kappa shape index (κ3) is 8.04. The Bertz CT molecular complexity index is 4030. The molecule has 0 N–H and O–H groups in total. The van der Waals surface area contributed by atoms with Gasteiger partial charge in [0.15, 0.2) is 0 Å². The lowest BCUT2D eigenvalue weighted by Crippen LogP contribution is -2.61. The number of rotatable bonds is 9. The molecule has 2 aliphatic heterocycles. The predicted octanol–water partition coefficient (Wildman–Crippen LogP) is 20.2. The molecule has 0 bridgehead atoms. The van der Waals surface area contributed by atoms with Crippen LogP contribution in [0.5, 0.6) is 0 Å². The topological polar surface area (TPSA) is 9.72 Å².